The second-order valence-electron chi connectivity index (χ2n) is 3.53. The van der Waals surface area contributed by atoms with E-state index in [0.717, 1.165) is 6.07 Å². The van der Waals surface area contributed by atoms with Crippen LogP contribution in [0.15, 0.2) is 42.7 Å². The van der Waals surface area contributed by atoms with Crippen LogP contribution in [-0.4, -0.2) is 21.0 Å². The number of benzene rings is 1. The summed E-state index contributed by atoms with van der Waals surface area (Å²) in [6, 6.07) is 7.08. The number of hydrogen-bond acceptors (Lipinski definition) is 4. The number of aromatic carboxylic acids is 1. The quantitative estimate of drug-likeness (QED) is 0.660. The fraction of sp³-hybridized carbons (Fsp3) is 0. The first-order valence-electron chi connectivity index (χ1n) is 5.01. The molecule has 1 heterocycles. The van der Waals surface area contributed by atoms with Gasteiger partial charge in [-0.1, -0.05) is 0 Å². The largest absolute Gasteiger partial charge is 0.478 e. The fourth-order valence-electron chi connectivity index (χ4n) is 1.59. The van der Waals surface area contributed by atoms with Gasteiger partial charge in [-0.2, -0.15) is 0 Å². The van der Waals surface area contributed by atoms with Crippen LogP contribution in [0.1, 0.15) is 10.4 Å². The zero-order valence-corrected chi connectivity index (χ0v) is 9.11. The van der Waals surface area contributed by atoms with E-state index in [9.17, 15) is 14.9 Å². The maximum atomic E-state index is 11.0. The number of carboxylic acids is 1. The summed E-state index contributed by atoms with van der Waals surface area (Å²) in [6.07, 6.45) is 3.04. The highest BCUT2D eigenvalue weighted by molar-refractivity contribution is 5.90. The zero-order chi connectivity index (χ0) is 13.1. The monoisotopic (exact) mass is 244 g/mol. The number of carbonyl (C=O) groups is 1. The van der Waals surface area contributed by atoms with Crippen LogP contribution in [0.5, 0.6) is 0 Å². The van der Waals surface area contributed by atoms with Crippen LogP contribution in [0.25, 0.3) is 11.1 Å². The molecule has 90 valence electrons. The molecule has 0 radical (unpaired) electrons. The lowest BCUT2D eigenvalue weighted by Crippen LogP contribution is -1.99. The minimum absolute atomic E-state index is 0.112. The van der Waals surface area contributed by atoms with Gasteiger partial charge in [0, 0.05) is 18.5 Å². The third-order valence-corrected chi connectivity index (χ3v) is 2.43. The molecule has 0 atom stereocenters. The molecule has 6 heteroatoms. The highest BCUT2D eigenvalue weighted by Crippen LogP contribution is 2.30. The van der Waals surface area contributed by atoms with E-state index in [4.69, 9.17) is 5.11 Å². The van der Waals surface area contributed by atoms with Crippen LogP contribution in [0.3, 0.4) is 0 Å². The molecular weight excluding hydrogens is 236 g/mol. The van der Waals surface area contributed by atoms with Crippen LogP contribution in [0, 0.1) is 10.1 Å². The minimum atomic E-state index is -1.20. The van der Waals surface area contributed by atoms with Crippen molar-refractivity contribution in [3.63, 3.8) is 0 Å². The molecule has 0 aliphatic heterocycles. The molecular formula is C12H8N2O4. The van der Waals surface area contributed by atoms with Crippen molar-refractivity contribution in [2.75, 3.05) is 0 Å². The van der Waals surface area contributed by atoms with Gasteiger partial charge in [-0.25, -0.2) is 4.79 Å². The van der Waals surface area contributed by atoms with Crippen molar-refractivity contribution in [3.05, 3.63) is 58.4 Å². The lowest BCUT2D eigenvalue weighted by molar-refractivity contribution is -0.384. The van der Waals surface area contributed by atoms with Gasteiger partial charge in [0.05, 0.1) is 16.1 Å². The van der Waals surface area contributed by atoms with Gasteiger partial charge >= 0.3 is 5.97 Å². The molecule has 2 aromatic rings. The Hall–Kier alpha value is -2.76. The average Bonchev–Trinajstić information content (AvgIpc) is 2.39. The van der Waals surface area contributed by atoms with Gasteiger partial charge < -0.3 is 5.11 Å². The predicted octanol–water partition coefficient (Wildman–Crippen LogP) is 2.36. The van der Waals surface area contributed by atoms with Crippen molar-refractivity contribution in [1.29, 1.82) is 0 Å². The molecule has 0 saturated carbocycles. The third-order valence-electron chi connectivity index (χ3n) is 2.43. The number of pyridine rings is 1. The molecule has 1 aromatic heterocycles. The van der Waals surface area contributed by atoms with Crippen LogP contribution < -0.4 is 0 Å². The predicted molar refractivity (Wildman–Crippen MR) is 63.3 cm³/mol. The summed E-state index contributed by atoms with van der Waals surface area (Å²) in [7, 11) is 0. The molecule has 0 saturated heterocycles. The van der Waals surface area contributed by atoms with Crippen molar-refractivity contribution in [3.8, 4) is 11.1 Å². The van der Waals surface area contributed by atoms with Crippen molar-refractivity contribution in [2.45, 2.75) is 0 Å². The van der Waals surface area contributed by atoms with E-state index in [0.29, 0.717) is 11.1 Å². The molecule has 0 bridgehead atoms. The van der Waals surface area contributed by atoms with Crippen molar-refractivity contribution in [2.24, 2.45) is 0 Å². The van der Waals surface area contributed by atoms with E-state index in [-0.39, 0.29) is 11.3 Å². The molecule has 0 unspecified atom stereocenters. The number of nitro groups is 1. The SMILES string of the molecule is O=C(O)c1ccc(-c2ccncc2)c([N+](=O)[O-])c1. The van der Waals surface area contributed by atoms with Gasteiger partial charge in [0.1, 0.15) is 0 Å². The maximum absolute atomic E-state index is 11.0. The van der Waals surface area contributed by atoms with Gasteiger partial charge in [0.2, 0.25) is 0 Å². The fourth-order valence-corrected chi connectivity index (χ4v) is 1.59. The minimum Gasteiger partial charge on any atom is -0.478 e. The summed E-state index contributed by atoms with van der Waals surface area (Å²) in [5.41, 5.74) is 0.640. The smallest absolute Gasteiger partial charge is 0.335 e. The Morgan fingerprint density at radius 3 is 2.44 bits per heavy atom. The van der Waals surface area contributed by atoms with E-state index in [1.165, 1.54) is 24.5 Å². The molecule has 6 nitrogen and oxygen atoms in total. The van der Waals surface area contributed by atoms with Crippen molar-refractivity contribution >= 4 is 11.7 Å². The number of nitro benzene ring substituents is 1. The van der Waals surface area contributed by atoms with Gasteiger partial charge in [0.15, 0.2) is 0 Å². The third kappa shape index (κ3) is 2.17. The lowest BCUT2D eigenvalue weighted by Gasteiger charge is -2.03. The second-order valence-corrected chi connectivity index (χ2v) is 3.53. The summed E-state index contributed by atoms with van der Waals surface area (Å²) >= 11 is 0. The van der Waals surface area contributed by atoms with Crippen LogP contribution in [-0.2, 0) is 0 Å². The molecule has 0 aliphatic carbocycles. The van der Waals surface area contributed by atoms with Crippen LogP contribution >= 0.6 is 0 Å². The molecule has 1 aromatic carbocycles. The first-order chi connectivity index (χ1) is 8.59. The molecule has 2 rings (SSSR count). The standard InChI is InChI=1S/C12H8N2O4/c15-12(16)9-1-2-10(11(7-9)14(17)18)8-3-5-13-6-4-8/h1-7H,(H,15,16). The van der Waals surface area contributed by atoms with E-state index >= 15 is 0 Å². The Bertz CT molecular complexity index is 611. The van der Waals surface area contributed by atoms with Gasteiger partial charge in [-0.3, -0.25) is 15.1 Å². The molecule has 0 amide bonds. The Morgan fingerprint density at radius 1 is 1.22 bits per heavy atom. The number of carboxylic acid groups (broad SMARTS) is 1. The maximum Gasteiger partial charge on any atom is 0.335 e. The summed E-state index contributed by atoms with van der Waals surface area (Å²) < 4.78 is 0. The number of hydrogen-bond donors (Lipinski definition) is 1. The van der Waals surface area contributed by atoms with Crippen molar-refractivity contribution < 1.29 is 14.8 Å². The summed E-state index contributed by atoms with van der Waals surface area (Å²) in [5, 5.41) is 19.8. The summed E-state index contributed by atoms with van der Waals surface area (Å²) in [4.78, 5) is 25.0. The van der Waals surface area contributed by atoms with E-state index in [1.807, 2.05) is 0 Å². The Labute approximate surface area is 102 Å². The molecule has 0 aliphatic rings. The first-order valence-corrected chi connectivity index (χ1v) is 5.01. The zero-order valence-electron chi connectivity index (χ0n) is 9.11. The van der Waals surface area contributed by atoms with Gasteiger partial charge in [0.25, 0.3) is 5.69 Å². The highest BCUT2D eigenvalue weighted by atomic mass is 16.6. The Balaban J connectivity index is 2.61. The van der Waals surface area contributed by atoms with E-state index < -0.39 is 10.9 Å². The van der Waals surface area contributed by atoms with Gasteiger partial charge in [-0.05, 0) is 29.8 Å². The van der Waals surface area contributed by atoms with E-state index in [1.54, 1.807) is 12.1 Å². The summed E-state index contributed by atoms with van der Waals surface area (Å²) in [6.45, 7) is 0. The first kappa shape index (κ1) is 11.7. The lowest BCUT2D eigenvalue weighted by atomic mass is 10.0. The summed E-state index contributed by atoms with van der Waals surface area (Å²) in [5.74, 6) is -1.20. The second kappa shape index (κ2) is 4.62. The number of nitrogens with zero attached hydrogens (tertiary/aromatic N) is 2. The number of aromatic nitrogens is 1. The molecule has 0 fully saturated rings. The Morgan fingerprint density at radius 2 is 1.89 bits per heavy atom. The highest BCUT2D eigenvalue weighted by Gasteiger charge is 2.18. The van der Waals surface area contributed by atoms with Crippen LogP contribution in [0.2, 0.25) is 0 Å². The van der Waals surface area contributed by atoms with Crippen molar-refractivity contribution in [1.82, 2.24) is 4.98 Å². The van der Waals surface area contributed by atoms with Gasteiger partial charge in [-0.15, -0.1) is 0 Å². The average molecular weight is 244 g/mol. The topological polar surface area (TPSA) is 93.3 Å². The normalized spacial score (nSPS) is 10.0. The van der Waals surface area contributed by atoms with E-state index in [2.05, 4.69) is 4.98 Å². The number of rotatable bonds is 3. The molecule has 1 N–H and O–H groups in total. The molecule has 18 heavy (non-hydrogen) atoms. The Kier molecular flexibility index (Phi) is 3.01. The van der Waals surface area contributed by atoms with Crippen LogP contribution in [0.4, 0.5) is 5.69 Å². The molecule has 0 spiro atoms.